The van der Waals surface area contributed by atoms with E-state index in [9.17, 15) is 4.79 Å². The van der Waals surface area contributed by atoms with Crippen LogP contribution in [0.25, 0.3) is 0 Å². The zero-order valence-electron chi connectivity index (χ0n) is 9.23. The van der Waals surface area contributed by atoms with Gasteiger partial charge in [0.05, 0.1) is 0 Å². The molecule has 0 amide bonds. The first kappa shape index (κ1) is 13.7. The highest BCUT2D eigenvalue weighted by Gasteiger charge is 2.17. The van der Waals surface area contributed by atoms with Crippen LogP contribution < -0.4 is 16.8 Å². The van der Waals surface area contributed by atoms with Crippen molar-refractivity contribution in [2.75, 3.05) is 13.6 Å². The number of aliphatic carboxylic acids is 1. The minimum atomic E-state index is -0.828. The maximum Gasteiger partial charge on any atom is 0.320 e. The number of aliphatic imine (C=N–C) groups is 1. The first-order valence-electron chi connectivity index (χ1n) is 4.92. The highest BCUT2D eigenvalue weighted by molar-refractivity contribution is 5.75. The van der Waals surface area contributed by atoms with Crippen LogP contribution in [0.3, 0.4) is 0 Å². The fraction of sp³-hybridized carbons (Fsp3) is 0.778. The zero-order valence-corrected chi connectivity index (χ0v) is 9.23. The third-order valence-corrected chi connectivity index (χ3v) is 2.20. The van der Waals surface area contributed by atoms with E-state index in [0.29, 0.717) is 13.0 Å². The molecule has 0 aliphatic heterocycles. The molecule has 0 aromatic rings. The number of hydrogen-bond acceptors (Lipinski definition) is 3. The second kappa shape index (κ2) is 7.05. The summed E-state index contributed by atoms with van der Waals surface area (Å²) in [6.07, 6.45) is 1.36. The quantitative estimate of drug-likeness (QED) is 0.333. The Morgan fingerprint density at radius 1 is 1.53 bits per heavy atom. The summed E-state index contributed by atoms with van der Waals surface area (Å²) in [5.41, 5.74) is 10.4. The molecule has 0 heterocycles. The van der Waals surface area contributed by atoms with Crippen molar-refractivity contribution in [3.05, 3.63) is 0 Å². The van der Waals surface area contributed by atoms with E-state index in [0.717, 1.165) is 6.42 Å². The molecule has 0 fully saturated rings. The van der Waals surface area contributed by atoms with E-state index in [1.165, 1.54) is 0 Å². The molecule has 0 aliphatic rings. The van der Waals surface area contributed by atoms with Crippen LogP contribution >= 0.6 is 0 Å². The van der Waals surface area contributed by atoms with Crippen LogP contribution in [-0.4, -0.2) is 36.7 Å². The van der Waals surface area contributed by atoms with Crippen molar-refractivity contribution in [2.45, 2.75) is 25.8 Å². The Bertz CT molecular complexity index is 226. The number of hydrogen-bond donors (Lipinski definition) is 4. The van der Waals surface area contributed by atoms with Gasteiger partial charge in [-0.25, -0.2) is 0 Å². The smallest absolute Gasteiger partial charge is 0.320 e. The predicted molar refractivity (Wildman–Crippen MR) is 59.6 cm³/mol. The molecule has 0 saturated carbocycles. The van der Waals surface area contributed by atoms with Gasteiger partial charge in [-0.3, -0.25) is 9.79 Å². The number of nitrogens with zero attached hydrogens (tertiary/aromatic N) is 1. The molecule has 0 spiro atoms. The summed E-state index contributed by atoms with van der Waals surface area (Å²) in [5.74, 6) is -0.488. The van der Waals surface area contributed by atoms with Crippen LogP contribution in [-0.2, 0) is 4.79 Å². The van der Waals surface area contributed by atoms with Gasteiger partial charge in [0.1, 0.15) is 6.04 Å². The van der Waals surface area contributed by atoms with Crippen LogP contribution in [0.1, 0.15) is 19.8 Å². The number of rotatable bonds is 7. The normalized spacial score (nSPS) is 14.3. The van der Waals surface area contributed by atoms with Gasteiger partial charge in [-0.1, -0.05) is 6.92 Å². The molecule has 88 valence electrons. The zero-order chi connectivity index (χ0) is 11.8. The number of carboxylic acids is 1. The van der Waals surface area contributed by atoms with Crippen molar-refractivity contribution >= 4 is 11.9 Å². The Kier molecular flexibility index (Phi) is 6.44. The molecule has 0 radical (unpaired) electrons. The Hall–Kier alpha value is -1.30. The molecule has 0 aromatic heterocycles. The molecule has 15 heavy (non-hydrogen) atoms. The van der Waals surface area contributed by atoms with Gasteiger partial charge >= 0.3 is 5.97 Å². The molecule has 6 N–H and O–H groups in total. The van der Waals surface area contributed by atoms with E-state index in [1.54, 1.807) is 7.05 Å². The Morgan fingerprint density at radius 2 is 2.13 bits per heavy atom. The molecule has 2 atom stereocenters. The van der Waals surface area contributed by atoms with Crippen molar-refractivity contribution in [2.24, 2.45) is 22.4 Å². The molecule has 6 nitrogen and oxygen atoms in total. The van der Waals surface area contributed by atoms with Crippen molar-refractivity contribution in [1.29, 1.82) is 0 Å². The minimum Gasteiger partial charge on any atom is -0.480 e. The second-order valence-electron chi connectivity index (χ2n) is 3.62. The maximum absolute atomic E-state index is 10.7. The average molecular weight is 216 g/mol. The lowest BCUT2D eigenvalue weighted by Crippen LogP contribution is -2.35. The van der Waals surface area contributed by atoms with Crippen molar-refractivity contribution < 1.29 is 9.90 Å². The average Bonchev–Trinajstić information content (AvgIpc) is 2.13. The molecular weight excluding hydrogens is 196 g/mol. The molecule has 0 bridgehead atoms. The first-order chi connectivity index (χ1) is 6.97. The van der Waals surface area contributed by atoms with E-state index < -0.39 is 12.0 Å². The Labute approximate surface area is 89.7 Å². The highest BCUT2D eigenvalue weighted by Crippen LogP contribution is 2.10. The summed E-state index contributed by atoms with van der Waals surface area (Å²) in [6.45, 7) is 2.52. The van der Waals surface area contributed by atoms with Gasteiger partial charge < -0.3 is 21.9 Å². The van der Waals surface area contributed by atoms with Gasteiger partial charge in [-0.15, -0.1) is 0 Å². The van der Waals surface area contributed by atoms with Crippen molar-refractivity contribution in [3.8, 4) is 0 Å². The third kappa shape index (κ3) is 6.73. The van der Waals surface area contributed by atoms with Gasteiger partial charge in [-0.2, -0.15) is 0 Å². The lowest BCUT2D eigenvalue weighted by atomic mass is 9.99. The van der Waals surface area contributed by atoms with Gasteiger partial charge in [0, 0.05) is 6.54 Å². The predicted octanol–water partition coefficient (Wildman–Crippen LogP) is -0.651. The molecule has 0 aliphatic carbocycles. The molecule has 0 saturated heterocycles. The van der Waals surface area contributed by atoms with Crippen LogP contribution in [0.2, 0.25) is 0 Å². The highest BCUT2D eigenvalue weighted by atomic mass is 16.4. The topological polar surface area (TPSA) is 114 Å². The molecule has 0 rings (SSSR count). The second-order valence-corrected chi connectivity index (χ2v) is 3.62. The summed E-state index contributed by atoms with van der Waals surface area (Å²) in [7, 11) is 1.64. The van der Waals surface area contributed by atoms with Gasteiger partial charge in [0.15, 0.2) is 5.96 Å². The Morgan fingerprint density at radius 3 is 2.53 bits per heavy atom. The van der Waals surface area contributed by atoms with Crippen molar-refractivity contribution in [1.82, 2.24) is 5.32 Å². The summed E-state index contributed by atoms with van der Waals surface area (Å²) >= 11 is 0. The molecule has 2 unspecified atom stereocenters. The van der Waals surface area contributed by atoms with Crippen LogP contribution in [0.4, 0.5) is 0 Å². The Balaban J connectivity index is 3.86. The van der Waals surface area contributed by atoms with Crippen LogP contribution in [0.5, 0.6) is 0 Å². The van der Waals surface area contributed by atoms with Crippen LogP contribution in [0, 0.1) is 5.92 Å². The molecular formula is C9H20N4O2. The fourth-order valence-electron chi connectivity index (χ4n) is 1.28. The molecule has 6 heteroatoms. The maximum atomic E-state index is 10.7. The number of nitrogens with two attached hydrogens (primary N) is 2. The van der Waals surface area contributed by atoms with E-state index in [-0.39, 0.29) is 11.9 Å². The summed E-state index contributed by atoms with van der Waals surface area (Å²) in [4.78, 5) is 14.6. The number of carboxylic acid groups (broad SMARTS) is 1. The first-order valence-corrected chi connectivity index (χ1v) is 4.92. The van der Waals surface area contributed by atoms with E-state index in [4.69, 9.17) is 16.6 Å². The van der Waals surface area contributed by atoms with E-state index >= 15 is 0 Å². The van der Waals surface area contributed by atoms with Gasteiger partial charge in [-0.05, 0) is 25.8 Å². The minimum absolute atomic E-state index is 0.0746. The van der Waals surface area contributed by atoms with Gasteiger partial charge in [0.2, 0.25) is 0 Å². The van der Waals surface area contributed by atoms with E-state index in [1.807, 2.05) is 6.92 Å². The summed E-state index contributed by atoms with van der Waals surface area (Å²) in [5, 5.41) is 11.6. The molecule has 0 aromatic carbocycles. The standard InChI is InChI=1S/C9H20N4O2/c1-6(3-4-13-9(10)11)5-7(12-2)8(14)15/h6-7,12H,3-5H2,1-2H3,(H,14,15)(H4,10,11,13). The third-order valence-electron chi connectivity index (χ3n) is 2.20. The number of nitrogens with one attached hydrogen (secondary N) is 1. The lowest BCUT2D eigenvalue weighted by molar-refractivity contribution is -0.139. The summed E-state index contributed by atoms with van der Waals surface area (Å²) in [6, 6.07) is -0.501. The van der Waals surface area contributed by atoms with Crippen LogP contribution in [0.15, 0.2) is 4.99 Å². The number of guanidine groups is 1. The van der Waals surface area contributed by atoms with Crippen molar-refractivity contribution in [3.63, 3.8) is 0 Å². The monoisotopic (exact) mass is 216 g/mol. The number of likely N-dealkylation sites (N-methyl/N-ethyl adjacent to an activating group) is 1. The lowest BCUT2D eigenvalue weighted by Gasteiger charge is -2.15. The van der Waals surface area contributed by atoms with Gasteiger partial charge in [0.25, 0.3) is 0 Å². The SMILES string of the molecule is CNC(CC(C)CCN=C(N)N)C(=O)O. The largest absolute Gasteiger partial charge is 0.480 e. The fourth-order valence-corrected chi connectivity index (χ4v) is 1.28. The summed E-state index contributed by atoms with van der Waals surface area (Å²) < 4.78 is 0. The van der Waals surface area contributed by atoms with E-state index in [2.05, 4.69) is 10.3 Å². The number of carbonyl (C=O) groups is 1.